The van der Waals surface area contributed by atoms with Crippen molar-refractivity contribution in [1.82, 2.24) is 14.9 Å². The van der Waals surface area contributed by atoms with E-state index in [0.717, 1.165) is 38.3 Å². The van der Waals surface area contributed by atoms with Crippen molar-refractivity contribution in [2.75, 3.05) is 24.5 Å². The van der Waals surface area contributed by atoms with E-state index in [0.29, 0.717) is 11.7 Å². The zero-order chi connectivity index (χ0) is 16.5. The molecule has 24 heavy (non-hydrogen) atoms. The normalized spacial score (nSPS) is 24.7. The van der Waals surface area contributed by atoms with Crippen molar-refractivity contribution in [2.45, 2.75) is 31.5 Å². The van der Waals surface area contributed by atoms with Gasteiger partial charge in [-0.05, 0) is 24.0 Å². The van der Waals surface area contributed by atoms with Gasteiger partial charge in [-0.25, -0.2) is 9.97 Å². The molecule has 2 aromatic rings. The second-order valence-electron chi connectivity index (χ2n) is 6.56. The predicted molar refractivity (Wildman–Crippen MR) is 94.2 cm³/mol. The van der Waals surface area contributed by atoms with Crippen LogP contribution >= 0.6 is 11.6 Å². The van der Waals surface area contributed by atoms with Crippen LogP contribution < -0.4 is 4.90 Å². The quantitative estimate of drug-likeness (QED) is 0.846. The number of halogens is 1. The molecular formula is C18H21ClN4O. The Morgan fingerprint density at radius 1 is 1.12 bits per heavy atom. The minimum atomic E-state index is -0.391. The van der Waals surface area contributed by atoms with Crippen LogP contribution in [0.4, 0.5) is 5.82 Å². The van der Waals surface area contributed by atoms with Crippen LogP contribution in [0.25, 0.3) is 0 Å². The Morgan fingerprint density at radius 3 is 2.75 bits per heavy atom. The summed E-state index contributed by atoms with van der Waals surface area (Å²) in [4.78, 5) is 12.7. The third-order valence-electron chi connectivity index (χ3n) is 5.12. The predicted octanol–water partition coefficient (Wildman–Crippen LogP) is 2.13. The lowest BCUT2D eigenvalue weighted by Gasteiger charge is -2.43. The van der Waals surface area contributed by atoms with E-state index in [-0.39, 0.29) is 6.04 Å². The maximum absolute atomic E-state index is 10.7. The van der Waals surface area contributed by atoms with Crippen molar-refractivity contribution in [3.8, 4) is 0 Å². The van der Waals surface area contributed by atoms with Crippen LogP contribution in [0.15, 0.2) is 36.7 Å². The molecule has 4 rings (SSSR count). The number of anilines is 1. The van der Waals surface area contributed by atoms with E-state index >= 15 is 0 Å². The number of benzene rings is 1. The van der Waals surface area contributed by atoms with Crippen molar-refractivity contribution < 1.29 is 5.11 Å². The van der Waals surface area contributed by atoms with Crippen molar-refractivity contribution >= 4 is 17.4 Å². The van der Waals surface area contributed by atoms with Gasteiger partial charge in [-0.1, -0.05) is 35.9 Å². The Hall–Kier alpha value is -1.69. The summed E-state index contributed by atoms with van der Waals surface area (Å²) in [5.41, 5.74) is 2.83. The molecule has 2 atom stereocenters. The molecule has 126 valence electrons. The third-order valence-corrected chi connectivity index (χ3v) is 5.33. The van der Waals surface area contributed by atoms with Gasteiger partial charge < -0.3 is 10.0 Å². The average molecular weight is 345 g/mol. The van der Waals surface area contributed by atoms with Crippen molar-refractivity contribution in [3.05, 3.63) is 52.9 Å². The fraction of sp³-hybridized carbons (Fsp3) is 0.444. The van der Waals surface area contributed by atoms with Crippen LogP contribution in [-0.2, 0) is 13.0 Å². The number of aromatic nitrogens is 2. The fourth-order valence-electron chi connectivity index (χ4n) is 3.85. The molecule has 1 aromatic carbocycles. The SMILES string of the molecule is O[C@H]1CN(c2cc(Cl)ncn2)CC[C@@H]1N1CCc2ccccc2C1. The van der Waals surface area contributed by atoms with Gasteiger partial charge in [0.1, 0.15) is 17.3 Å². The fourth-order valence-corrected chi connectivity index (χ4v) is 3.99. The second-order valence-corrected chi connectivity index (χ2v) is 6.94. The van der Waals surface area contributed by atoms with Gasteiger partial charge >= 0.3 is 0 Å². The van der Waals surface area contributed by atoms with Crippen LogP contribution in [0.2, 0.25) is 5.15 Å². The summed E-state index contributed by atoms with van der Waals surface area (Å²) < 4.78 is 0. The minimum Gasteiger partial charge on any atom is -0.390 e. The van der Waals surface area contributed by atoms with Crippen LogP contribution in [0, 0.1) is 0 Å². The van der Waals surface area contributed by atoms with Gasteiger partial charge in [0.25, 0.3) is 0 Å². The molecule has 0 spiro atoms. The monoisotopic (exact) mass is 344 g/mol. The van der Waals surface area contributed by atoms with Crippen LogP contribution in [0.1, 0.15) is 17.5 Å². The molecule has 2 aliphatic rings. The molecular weight excluding hydrogens is 324 g/mol. The maximum atomic E-state index is 10.7. The molecule has 5 nitrogen and oxygen atoms in total. The molecule has 0 amide bonds. The lowest BCUT2D eigenvalue weighted by Crippen LogP contribution is -2.55. The van der Waals surface area contributed by atoms with Crippen LogP contribution in [0.5, 0.6) is 0 Å². The highest BCUT2D eigenvalue weighted by atomic mass is 35.5. The van der Waals surface area contributed by atoms with Gasteiger partial charge in [0, 0.05) is 38.3 Å². The maximum Gasteiger partial charge on any atom is 0.134 e. The summed E-state index contributed by atoms with van der Waals surface area (Å²) in [5.74, 6) is 0.788. The Bertz CT molecular complexity index is 726. The summed E-state index contributed by atoms with van der Waals surface area (Å²) in [6.45, 7) is 3.39. The van der Waals surface area contributed by atoms with Crippen molar-refractivity contribution in [2.24, 2.45) is 0 Å². The van der Waals surface area contributed by atoms with E-state index in [1.165, 1.54) is 17.5 Å². The first-order valence-electron chi connectivity index (χ1n) is 8.42. The first-order chi connectivity index (χ1) is 11.7. The molecule has 0 bridgehead atoms. The van der Waals surface area contributed by atoms with Gasteiger partial charge in [-0.15, -0.1) is 0 Å². The van der Waals surface area contributed by atoms with Crippen molar-refractivity contribution in [1.29, 1.82) is 0 Å². The standard InChI is InChI=1S/C18H21ClN4O/c19-17-9-18(21-12-20-17)23-8-6-15(16(24)11-23)22-7-5-13-3-1-2-4-14(13)10-22/h1-4,9,12,15-16,24H,5-8,10-11H2/t15-,16-/m0/s1. The molecule has 1 fully saturated rings. The number of piperidine rings is 1. The van der Waals surface area contributed by atoms with Crippen molar-refractivity contribution in [3.63, 3.8) is 0 Å². The van der Waals surface area contributed by atoms with E-state index in [1.807, 2.05) is 0 Å². The summed E-state index contributed by atoms with van der Waals surface area (Å²) >= 11 is 5.95. The van der Waals surface area contributed by atoms with E-state index in [2.05, 4.69) is 44.0 Å². The topological polar surface area (TPSA) is 52.5 Å². The number of hydrogen-bond donors (Lipinski definition) is 1. The Labute approximate surface area is 146 Å². The number of hydrogen-bond acceptors (Lipinski definition) is 5. The third kappa shape index (κ3) is 3.11. The zero-order valence-corrected chi connectivity index (χ0v) is 14.2. The highest BCUT2D eigenvalue weighted by Crippen LogP contribution is 2.27. The highest BCUT2D eigenvalue weighted by Gasteiger charge is 2.34. The number of β-amino-alcohol motifs (C(OH)–C–C–N with tert-alkyl or cyclic N) is 1. The largest absolute Gasteiger partial charge is 0.390 e. The lowest BCUT2D eigenvalue weighted by molar-refractivity contribution is 0.0293. The Morgan fingerprint density at radius 2 is 1.96 bits per heavy atom. The molecule has 3 heterocycles. The first kappa shape index (κ1) is 15.8. The molecule has 0 saturated carbocycles. The van der Waals surface area contributed by atoms with Crippen LogP contribution in [-0.4, -0.2) is 51.8 Å². The molecule has 1 N–H and O–H groups in total. The van der Waals surface area contributed by atoms with Gasteiger partial charge in [0.15, 0.2) is 0 Å². The number of aliphatic hydroxyl groups excluding tert-OH is 1. The number of fused-ring (bicyclic) bond motifs is 1. The summed E-state index contributed by atoms with van der Waals surface area (Å²) in [6.07, 6.45) is 3.06. The summed E-state index contributed by atoms with van der Waals surface area (Å²) in [6, 6.07) is 10.6. The summed E-state index contributed by atoms with van der Waals surface area (Å²) in [7, 11) is 0. The number of rotatable bonds is 2. The second kappa shape index (κ2) is 6.67. The Balaban J connectivity index is 1.44. The summed E-state index contributed by atoms with van der Waals surface area (Å²) in [5, 5.41) is 11.1. The molecule has 0 aliphatic carbocycles. The molecule has 2 aliphatic heterocycles. The molecule has 1 saturated heterocycles. The smallest absolute Gasteiger partial charge is 0.134 e. The van der Waals surface area contributed by atoms with E-state index in [1.54, 1.807) is 6.07 Å². The minimum absolute atomic E-state index is 0.201. The average Bonchev–Trinajstić information content (AvgIpc) is 2.61. The zero-order valence-electron chi connectivity index (χ0n) is 13.5. The van der Waals surface area contributed by atoms with Gasteiger partial charge in [0.2, 0.25) is 0 Å². The molecule has 1 aromatic heterocycles. The highest BCUT2D eigenvalue weighted by molar-refractivity contribution is 6.29. The Kier molecular flexibility index (Phi) is 4.39. The molecule has 0 unspecified atom stereocenters. The van der Waals surface area contributed by atoms with Gasteiger partial charge in [-0.2, -0.15) is 0 Å². The van der Waals surface area contributed by atoms with E-state index in [9.17, 15) is 5.11 Å². The van der Waals surface area contributed by atoms with E-state index < -0.39 is 6.10 Å². The van der Waals surface area contributed by atoms with Crippen LogP contribution in [0.3, 0.4) is 0 Å². The number of aliphatic hydroxyl groups is 1. The molecule has 6 heteroatoms. The lowest BCUT2D eigenvalue weighted by atomic mass is 9.94. The van der Waals surface area contributed by atoms with Gasteiger partial charge in [-0.3, -0.25) is 4.90 Å². The molecule has 0 radical (unpaired) electrons. The van der Waals surface area contributed by atoms with E-state index in [4.69, 9.17) is 11.6 Å². The first-order valence-corrected chi connectivity index (χ1v) is 8.80. The number of nitrogens with zero attached hydrogens (tertiary/aromatic N) is 4. The van der Waals surface area contributed by atoms with Gasteiger partial charge in [0.05, 0.1) is 6.10 Å².